The third-order valence-corrected chi connectivity index (χ3v) is 3.57. The zero-order valence-corrected chi connectivity index (χ0v) is 15.6. The van der Waals surface area contributed by atoms with Gasteiger partial charge in [-0.3, -0.25) is 9.79 Å². The van der Waals surface area contributed by atoms with E-state index in [1.807, 2.05) is 20.8 Å². The average Bonchev–Trinajstić information content (AvgIpc) is 2.51. The lowest BCUT2D eigenvalue weighted by atomic mass is 10.00. The summed E-state index contributed by atoms with van der Waals surface area (Å²) in [5.41, 5.74) is 2.57. The summed E-state index contributed by atoms with van der Waals surface area (Å²) in [5, 5.41) is 9.33. The maximum atomic E-state index is 11.7. The Balaban J connectivity index is 2.51. The summed E-state index contributed by atoms with van der Waals surface area (Å²) < 4.78 is 0. The van der Waals surface area contributed by atoms with Crippen LogP contribution in [0.25, 0.3) is 0 Å². The second-order valence-electron chi connectivity index (χ2n) is 6.43. The zero-order chi connectivity index (χ0) is 17.9. The number of nitrogens with one attached hydrogen (secondary N) is 3. The van der Waals surface area contributed by atoms with Crippen LogP contribution < -0.4 is 16.0 Å². The van der Waals surface area contributed by atoms with E-state index in [1.165, 1.54) is 11.1 Å². The van der Waals surface area contributed by atoms with Gasteiger partial charge in [0, 0.05) is 38.0 Å². The Kier molecular flexibility index (Phi) is 8.90. The van der Waals surface area contributed by atoms with E-state index in [0.717, 1.165) is 12.5 Å². The molecular weight excluding hydrogens is 300 g/mol. The molecule has 0 bridgehead atoms. The van der Waals surface area contributed by atoms with Gasteiger partial charge in [-0.15, -0.1) is 0 Å². The van der Waals surface area contributed by atoms with Crippen molar-refractivity contribution in [3.63, 3.8) is 0 Å². The summed E-state index contributed by atoms with van der Waals surface area (Å²) in [4.78, 5) is 16.3. The molecule has 1 aromatic rings. The standard InChI is InChI=1S/C19H32N4O/c1-6-20-19(21-11-10-18(24)23-14(2)3)22-13-16(5)17-9-7-8-15(4)12-17/h7-9,12,14,16H,6,10-11,13H2,1-5H3,(H,23,24)(H2,20,21,22). The quantitative estimate of drug-likeness (QED) is 0.506. The fourth-order valence-corrected chi connectivity index (χ4v) is 2.34. The summed E-state index contributed by atoms with van der Waals surface area (Å²) in [6.45, 7) is 12.3. The molecule has 24 heavy (non-hydrogen) atoms. The summed E-state index contributed by atoms with van der Waals surface area (Å²) >= 11 is 0. The highest BCUT2D eigenvalue weighted by Crippen LogP contribution is 2.16. The van der Waals surface area contributed by atoms with Crippen LogP contribution in [0.2, 0.25) is 0 Å². The topological polar surface area (TPSA) is 65.5 Å². The van der Waals surface area contributed by atoms with Crippen molar-refractivity contribution < 1.29 is 4.79 Å². The van der Waals surface area contributed by atoms with Crippen LogP contribution in [-0.2, 0) is 4.79 Å². The molecule has 0 aliphatic heterocycles. The van der Waals surface area contributed by atoms with Gasteiger partial charge in [0.15, 0.2) is 5.96 Å². The molecule has 0 radical (unpaired) electrons. The summed E-state index contributed by atoms with van der Waals surface area (Å²) in [6.07, 6.45) is 0.441. The zero-order valence-electron chi connectivity index (χ0n) is 15.6. The number of carbonyl (C=O) groups excluding carboxylic acids is 1. The Hall–Kier alpha value is -2.04. The van der Waals surface area contributed by atoms with Gasteiger partial charge in [-0.2, -0.15) is 0 Å². The van der Waals surface area contributed by atoms with Crippen molar-refractivity contribution in [3.8, 4) is 0 Å². The molecule has 0 aromatic heterocycles. The van der Waals surface area contributed by atoms with Crippen LogP contribution >= 0.6 is 0 Å². The first-order valence-electron chi connectivity index (χ1n) is 8.80. The number of nitrogens with zero attached hydrogens (tertiary/aromatic N) is 1. The van der Waals surface area contributed by atoms with Gasteiger partial charge in [0.1, 0.15) is 0 Å². The second kappa shape index (κ2) is 10.7. The Morgan fingerprint density at radius 2 is 1.96 bits per heavy atom. The minimum absolute atomic E-state index is 0.0569. The van der Waals surface area contributed by atoms with E-state index in [4.69, 9.17) is 0 Å². The van der Waals surface area contributed by atoms with Gasteiger partial charge >= 0.3 is 0 Å². The largest absolute Gasteiger partial charge is 0.357 e. The normalized spacial score (nSPS) is 12.8. The summed E-state index contributed by atoms with van der Waals surface area (Å²) in [7, 11) is 0. The minimum Gasteiger partial charge on any atom is -0.357 e. The van der Waals surface area contributed by atoms with Crippen molar-refractivity contribution in [2.75, 3.05) is 19.6 Å². The van der Waals surface area contributed by atoms with Crippen molar-refractivity contribution in [2.45, 2.75) is 53.0 Å². The molecule has 3 N–H and O–H groups in total. The summed E-state index contributed by atoms with van der Waals surface area (Å²) in [6, 6.07) is 8.71. The molecule has 5 nitrogen and oxygen atoms in total. The number of aliphatic imine (C=N–C) groups is 1. The van der Waals surface area contributed by atoms with Gasteiger partial charge in [-0.25, -0.2) is 0 Å². The van der Waals surface area contributed by atoms with E-state index in [1.54, 1.807) is 0 Å². The van der Waals surface area contributed by atoms with Crippen molar-refractivity contribution in [1.29, 1.82) is 0 Å². The number of amides is 1. The molecule has 134 valence electrons. The first-order valence-corrected chi connectivity index (χ1v) is 8.80. The van der Waals surface area contributed by atoms with Crippen LogP contribution in [0.15, 0.2) is 29.3 Å². The van der Waals surface area contributed by atoms with E-state index >= 15 is 0 Å². The maximum Gasteiger partial charge on any atom is 0.221 e. The Morgan fingerprint density at radius 1 is 1.21 bits per heavy atom. The minimum atomic E-state index is 0.0569. The van der Waals surface area contributed by atoms with Crippen LogP contribution in [0, 0.1) is 6.92 Å². The predicted molar refractivity (Wildman–Crippen MR) is 101 cm³/mol. The van der Waals surface area contributed by atoms with Crippen LogP contribution in [0.5, 0.6) is 0 Å². The van der Waals surface area contributed by atoms with E-state index in [9.17, 15) is 4.79 Å². The van der Waals surface area contributed by atoms with Crippen LogP contribution in [0.1, 0.15) is 51.2 Å². The van der Waals surface area contributed by atoms with Crippen LogP contribution in [0.4, 0.5) is 0 Å². The first kappa shape index (κ1) is 20.0. The smallest absolute Gasteiger partial charge is 0.221 e. The molecule has 1 atom stereocenters. The highest BCUT2D eigenvalue weighted by Gasteiger charge is 2.07. The summed E-state index contributed by atoms with van der Waals surface area (Å²) in [5.74, 6) is 1.17. The molecule has 0 aliphatic rings. The molecule has 0 fully saturated rings. The lowest BCUT2D eigenvalue weighted by Gasteiger charge is -2.14. The van der Waals surface area contributed by atoms with Gasteiger partial charge < -0.3 is 16.0 Å². The molecule has 1 unspecified atom stereocenters. The lowest BCUT2D eigenvalue weighted by Crippen LogP contribution is -2.40. The van der Waals surface area contributed by atoms with Gasteiger partial charge in [-0.05, 0) is 33.3 Å². The fourth-order valence-electron chi connectivity index (χ4n) is 2.34. The monoisotopic (exact) mass is 332 g/mol. The number of carbonyl (C=O) groups is 1. The number of hydrogen-bond donors (Lipinski definition) is 3. The molecular formula is C19H32N4O. The third kappa shape index (κ3) is 7.99. The maximum absolute atomic E-state index is 11.7. The van der Waals surface area contributed by atoms with Gasteiger partial charge in [0.25, 0.3) is 0 Å². The Morgan fingerprint density at radius 3 is 2.58 bits per heavy atom. The molecule has 5 heteroatoms. The molecule has 1 aromatic carbocycles. The van der Waals surface area contributed by atoms with E-state index < -0.39 is 0 Å². The highest BCUT2D eigenvalue weighted by molar-refractivity contribution is 5.81. The Labute approximate surface area is 146 Å². The van der Waals surface area contributed by atoms with Gasteiger partial charge in [0.2, 0.25) is 5.91 Å². The first-order chi connectivity index (χ1) is 11.4. The molecule has 0 saturated carbocycles. The molecule has 0 saturated heterocycles. The fraction of sp³-hybridized carbons (Fsp3) is 0.579. The van der Waals surface area contributed by atoms with Gasteiger partial charge in [0.05, 0.1) is 0 Å². The van der Waals surface area contributed by atoms with Gasteiger partial charge in [-0.1, -0.05) is 36.8 Å². The molecule has 0 heterocycles. The van der Waals surface area contributed by atoms with E-state index in [0.29, 0.717) is 25.4 Å². The number of aryl methyl sites for hydroxylation is 1. The average molecular weight is 332 g/mol. The Bertz CT molecular complexity index is 540. The number of hydrogen-bond acceptors (Lipinski definition) is 2. The molecule has 0 spiro atoms. The third-order valence-electron chi connectivity index (χ3n) is 3.57. The number of rotatable bonds is 8. The van der Waals surface area contributed by atoms with Crippen molar-refractivity contribution >= 4 is 11.9 Å². The van der Waals surface area contributed by atoms with Crippen LogP contribution in [-0.4, -0.2) is 37.5 Å². The van der Waals surface area contributed by atoms with Crippen molar-refractivity contribution in [3.05, 3.63) is 35.4 Å². The number of guanidine groups is 1. The van der Waals surface area contributed by atoms with Crippen molar-refractivity contribution in [1.82, 2.24) is 16.0 Å². The van der Waals surface area contributed by atoms with Crippen LogP contribution in [0.3, 0.4) is 0 Å². The van der Waals surface area contributed by atoms with Crippen molar-refractivity contribution in [2.24, 2.45) is 4.99 Å². The van der Waals surface area contributed by atoms with E-state index in [2.05, 4.69) is 59.1 Å². The SMILES string of the molecule is CCNC(=NCC(C)c1cccc(C)c1)NCCC(=O)NC(C)C. The highest BCUT2D eigenvalue weighted by atomic mass is 16.1. The second-order valence-corrected chi connectivity index (χ2v) is 6.43. The van der Waals surface area contributed by atoms with E-state index in [-0.39, 0.29) is 11.9 Å². The molecule has 1 rings (SSSR count). The molecule has 1 amide bonds. The lowest BCUT2D eigenvalue weighted by molar-refractivity contribution is -0.121. The predicted octanol–water partition coefficient (Wildman–Crippen LogP) is 2.57. The molecule has 0 aliphatic carbocycles. The number of benzene rings is 1.